The zero-order valence-electron chi connectivity index (χ0n) is 13.8. The Bertz CT molecular complexity index is 678. The van der Waals surface area contributed by atoms with Gasteiger partial charge < -0.3 is 14.5 Å². The quantitative estimate of drug-likeness (QED) is 0.744. The van der Waals surface area contributed by atoms with Crippen LogP contribution in [0.4, 0.5) is 11.9 Å². The van der Waals surface area contributed by atoms with Crippen molar-refractivity contribution in [3.05, 3.63) is 5.82 Å². The van der Waals surface area contributed by atoms with Gasteiger partial charge in [0.2, 0.25) is 11.9 Å². The Morgan fingerprint density at radius 1 is 1.04 bits per heavy atom. The van der Waals surface area contributed by atoms with Crippen molar-refractivity contribution in [2.45, 2.75) is 26.3 Å². The molecule has 8 nitrogen and oxygen atoms in total. The number of nitrogens with zero attached hydrogens (tertiary/aromatic N) is 5. The molecule has 0 bridgehead atoms. The van der Waals surface area contributed by atoms with E-state index in [1.165, 1.54) is 0 Å². The molecule has 0 unspecified atom stereocenters. The molecule has 2 aliphatic rings. The lowest BCUT2D eigenvalue weighted by Crippen LogP contribution is -2.54. The third-order valence-electron chi connectivity index (χ3n) is 4.24. The summed E-state index contributed by atoms with van der Waals surface area (Å²) in [6.07, 6.45) is 0. The molecule has 128 valence electrons. The molecule has 0 atom stereocenters. The molecule has 2 aliphatic heterocycles. The van der Waals surface area contributed by atoms with Crippen LogP contribution in [0.5, 0.6) is 0 Å². The Morgan fingerprint density at radius 2 is 1.70 bits per heavy atom. The van der Waals surface area contributed by atoms with Crippen LogP contribution in [0.3, 0.4) is 0 Å². The topological polar surface area (TPSA) is 88.5 Å². The SMILES string of the molecule is Cc1nc(N2CCS(=O)(=O)CC2)nc(N2CCOCC2(C)C)n1. The summed E-state index contributed by atoms with van der Waals surface area (Å²) >= 11 is 0. The van der Waals surface area contributed by atoms with Crippen LogP contribution in [0.2, 0.25) is 0 Å². The van der Waals surface area contributed by atoms with Crippen molar-refractivity contribution < 1.29 is 13.2 Å². The second-order valence-corrected chi connectivity index (χ2v) is 8.94. The van der Waals surface area contributed by atoms with E-state index in [-0.39, 0.29) is 17.0 Å². The fourth-order valence-corrected chi connectivity index (χ4v) is 4.06. The maximum atomic E-state index is 11.6. The molecule has 0 N–H and O–H groups in total. The molecule has 1 aromatic rings. The minimum Gasteiger partial charge on any atom is -0.377 e. The van der Waals surface area contributed by atoms with E-state index in [0.717, 1.165) is 6.54 Å². The maximum absolute atomic E-state index is 11.6. The normalized spacial score (nSPS) is 23.8. The lowest BCUT2D eigenvalue weighted by molar-refractivity contribution is 0.0633. The number of sulfone groups is 1. The molecule has 3 heterocycles. The third kappa shape index (κ3) is 3.55. The van der Waals surface area contributed by atoms with E-state index in [1.54, 1.807) is 0 Å². The first-order valence-corrected chi connectivity index (χ1v) is 9.62. The van der Waals surface area contributed by atoms with Crippen LogP contribution in [-0.2, 0) is 14.6 Å². The van der Waals surface area contributed by atoms with Crippen molar-refractivity contribution in [3.63, 3.8) is 0 Å². The predicted octanol–water partition coefficient (Wildman–Crippen LogP) is 0.0300. The highest BCUT2D eigenvalue weighted by atomic mass is 32.2. The lowest BCUT2D eigenvalue weighted by Gasteiger charge is -2.42. The molecule has 0 spiro atoms. The molecule has 0 amide bonds. The van der Waals surface area contributed by atoms with Crippen LogP contribution in [0.25, 0.3) is 0 Å². The summed E-state index contributed by atoms with van der Waals surface area (Å²) in [5.74, 6) is 2.13. The van der Waals surface area contributed by atoms with Crippen molar-refractivity contribution in [1.29, 1.82) is 0 Å². The molecule has 0 aromatic carbocycles. The minimum absolute atomic E-state index is 0.149. The summed E-state index contributed by atoms with van der Waals surface area (Å²) in [7, 11) is -2.92. The number of aryl methyl sites for hydroxylation is 1. The van der Waals surface area contributed by atoms with Crippen molar-refractivity contribution >= 4 is 21.7 Å². The molecule has 1 aromatic heterocycles. The summed E-state index contributed by atoms with van der Waals surface area (Å²) in [5, 5.41) is 0. The number of hydrogen-bond donors (Lipinski definition) is 0. The van der Waals surface area contributed by atoms with Crippen LogP contribution >= 0.6 is 0 Å². The Morgan fingerprint density at radius 3 is 2.35 bits per heavy atom. The smallest absolute Gasteiger partial charge is 0.231 e. The minimum atomic E-state index is -2.92. The van der Waals surface area contributed by atoms with Gasteiger partial charge in [0.15, 0.2) is 9.84 Å². The average molecular weight is 341 g/mol. The summed E-state index contributed by atoms with van der Waals surface area (Å²) < 4.78 is 28.7. The van der Waals surface area contributed by atoms with Gasteiger partial charge in [-0.15, -0.1) is 0 Å². The highest BCUT2D eigenvalue weighted by Gasteiger charge is 2.33. The number of morpholine rings is 1. The van der Waals surface area contributed by atoms with E-state index in [1.807, 2.05) is 11.8 Å². The summed E-state index contributed by atoms with van der Waals surface area (Å²) in [6, 6.07) is 0. The standard InChI is InChI=1S/C14H23N5O3S/c1-11-15-12(18-5-8-23(20,21)9-6-18)17-13(16-11)19-4-7-22-10-14(19,2)3/h4-10H2,1-3H3. The first-order valence-electron chi connectivity index (χ1n) is 7.80. The summed E-state index contributed by atoms with van der Waals surface area (Å²) in [5.41, 5.74) is -0.186. The lowest BCUT2D eigenvalue weighted by atomic mass is 10.0. The fraction of sp³-hybridized carbons (Fsp3) is 0.786. The van der Waals surface area contributed by atoms with Gasteiger partial charge >= 0.3 is 0 Å². The Labute approximate surface area is 136 Å². The van der Waals surface area contributed by atoms with Gasteiger partial charge in [0, 0.05) is 19.6 Å². The van der Waals surface area contributed by atoms with Gasteiger partial charge in [-0.2, -0.15) is 15.0 Å². The van der Waals surface area contributed by atoms with Crippen molar-refractivity contribution in [2.24, 2.45) is 0 Å². The molecule has 0 saturated carbocycles. The monoisotopic (exact) mass is 341 g/mol. The Kier molecular flexibility index (Phi) is 4.18. The Hall–Kier alpha value is -1.48. The van der Waals surface area contributed by atoms with Crippen LogP contribution in [0.1, 0.15) is 19.7 Å². The molecule has 0 aliphatic carbocycles. The van der Waals surface area contributed by atoms with Crippen LogP contribution in [0.15, 0.2) is 0 Å². The zero-order valence-corrected chi connectivity index (χ0v) is 14.6. The second kappa shape index (κ2) is 5.86. The molecule has 9 heteroatoms. The molecule has 2 saturated heterocycles. The molecule has 3 rings (SSSR count). The van der Waals surface area contributed by atoms with Gasteiger partial charge in [-0.25, -0.2) is 8.42 Å². The van der Waals surface area contributed by atoms with Crippen molar-refractivity contribution in [1.82, 2.24) is 15.0 Å². The van der Waals surface area contributed by atoms with E-state index >= 15 is 0 Å². The average Bonchev–Trinajstić information content (AvgIpc) is 2.46. The second-order valence-electron chi connectivity index (χ2n) is 6.64. The summed E-state index contributed by atoms with van der Waals surface area (Å²) in [4.78, 5) is 17.5. The largest absolute Gasteiger partial charge is 0.377 e. The molecule has 2 fully saturated rings. The van der Waals surface area contributed by atoms with E-state index in [2.05, 4.69) is 33.7 Å². The van der Waals surface area contributed by atoms with E-state index in [0.29, 0.717) is 44.0 Å². The van der Waals surface area contributed by atoms with Crippen molar-refractivity contribution in [3.8, 4) is 0 Å². The van der Waals surface area contributed by atoms with Gasteiger partial charge in [-0.3, -0.25) is 0 Å². The van der Waals surface area contributed by atoms with Gasteiger partial charge in [-0.1, -0.05) is 0 Å². The van der Waals surface area contributed by atoms with Gasteiger partial charge in [-0.05, 0) is 20.8 Å². The zero-order chi connectivity index (χ0) is 16.7. The predicted molar refractivity (Wildman–Crippen MR) is 87.7 cm³/mol. The van der Waals surface area contributed by atoms with Gasteiger partial charge in [0.1, 0.15) is 5.82 Å². The van der Waals surface area contributed by atoms with E-state index < -0.39 is 9.84 Å². The number of rotatable bonds is 2. The number of anilines is 2. The summed E-state index contributed by atoms with van der Waals surface area (Å²) in [6.45, 7) is 8.87. The fourth-order valence-electron chi connectivity index (χ4n) is 2.86. The maximum Gasteiger partial charge on any atom is 0.231 e. The van der Waals surface area contributed by atoms with Crippen LogP contribution in [-0.4, -0.2) is 73.3 Å². The highest BCUT2D eigenvalue weighted by molar-refractivity contribution is 7.91. The first kappa shape index (κ1) is 16.4. The van der Waals surface area contributed by atoms with Gasteiger partial charge in [0.05, 0.1) is 30.3 Å². The number of ether oxygens (including phenoxy) is 1. The van der Waals surface area contributed by atoms with Gasteiger partial charge in [0.25, 0.3) is 0 Å². The van der Waals surface area contributed by atoms with E-state index in [9.17, 15) is 8.42 Å². The molecule has 0 radical (unpaired) electrons. The number of hydrogen-bond acceptors (Lipinski definition) is 8. The van der Waals surface area contributed by atoms with Crippen LogP contribution < -0.4 is 9.80 Å². The number of aromatic nitrogens is 3. The van der Waals surface area contributed by atoms with Crippen molar-refractivity contribution in [2.75, 3.05) is 54.2 Å². The first-order chi connectivity index (χ1) is 10.8. The molecular formula is C14H23N5O3S. The molecular weight excluding hydrogens is 318 g/mol. The van der Waals surface area contributed by atoms with E-state index in [4.69, 9.17) is 4.74 Å². The molecule has 23 heavy (non-hydrogen) atoms. The van der Waals surface area contributed by atoms with Crippen LogP contribution in [0, 0.1) is 6.92 Å². The Balaban J connectivity index is 1.88. The highest BCUT2D eigenvalue weighted by Crippen LogP contribution is 2.25. The third-order valence-corrected chi connectivity index (χ3v) is 5.85.